The number of hydrogen-bond acceptors (Lipinski definition) is 3. The molecule has 3 N–H and O–H groups in total. The maximum absolute atomic E-state index is 10.9. The normalized spacial score (nSPS) is 9.71. The van der Waals surface area contributed by atoms with Gasteiger partial charge >= 0.3 is 0 Å². The summed E-state index contributed by atoms with van der Waals surface area (Å²) in [6.07, 6.45) is 3.63. The van der Waals surface area contributed by atoms with Gasteiger partial charge in [0.15, 0.2) is 0 Å². The fourth-order valence-electron chi connectivity index (χ4n) is 1.46. The summed E-state index contributed by atoms with van der Waals surface area (Å²) in [5.74, 6) is 5.65. The highest BCUT2D eigenvalue weighted by atomic mass is 16.5. The SMILES string of the molecule is C=CCc1ccccc1OCCCC(=O)NN. The number of allylic oxidation sites excluding steroid dienone is 1. The van der Waals surface area contributed by atoms with Crippen LogP contribution in [0.4, 0.5) is 0 Å². The molecule has 0 saturated heterocycles. The summed E-state index contributed by atoms with van der Waals surface area (Å²) < 4.78 is 5.62. The number of hydrogen-bond donors (Lipinski definition) is 2. The van der Waals surface area contributed by atoms with E-state index in [1.54, 1.807) is 0 Å². The van der Waals surface area contributed by atoms with Gasteiger partial charge in [-0.15, -0.1) is 6.58 Å². The van der Waals surface area contributed by atoms with Crippen LogP contribution in [0.15, 0.2) is 36.9 Å². The zero-order chi connectivity index (χ0) is 12.5. The van der Waals surface area contributed by atoms with E-state index in [-0.39, 0.29) is 5.91 Å². The van der Waals surface area contributed by atoms with Crippen LogP contribution >= 0.6 is 0 Å². The summed E-state index contributed by atoms with van der Waals surface area (Å²) in [4.78, 5) is 10.9. The Morgan fingerprint density at radius 3 is 2.94 bits per heavy atom. The lowest BCUT2D eigenvalue weighted by Gasteiger charge is -2.09. The second-order valence-electron chi connectivity index (χ2n) is 3.62. The standard InChI is InChI=1S/C13H18N2O2/c1-2-6-11-7-3-4-8-12(11)17-10-5-9-13(16)15-14/h2-4,7-8H,1,5-6,9-10,14H2,(H,15,16). The van der Waals surface area contributed by atoms with Crippen molar-refractivity contribution in [3.05, 3.63) is 42.5 Å². The van der Waals surface area contributed by atoms with Gasteiger partial charge in [0.1, 0.15) is 5.75 Å². The van der Waals surface area contributed by atoms with Gasteiger partial charge in [-0.25, -0.2) is 5.84 Å². The van der Waals surface area contributed by atoms with Crippen LogP contribution in [0.2, 0.25) is 0 Å². The first-order chi connectivity index (χ1) is 8.27. The predicted octanol–water partition coefficient (Wildman–Crippen LogP) is 1.56. The number of ether oxygens (including phenoxy) is 1. The topological polar surface area (TPSA) is 64.3 Å². The Balaban J connectivity index is 2.40. The fraction of sp³-hybridized carbons (Fsp3) is 0.308. The van der Waals surface area contributed by atoms with Crippen LogP contribution < -0.4 is 16.0 Å². The largest absolute Gasteiger partial charge is 0.493 e. The summed E-state index contributed by atoms with van der Waals surface area (Å²) in [5.41, 5.74) is 3.19. The average Bonchev–Trinajstić information content (AvgIpc) is 2.36. The van der Waals surface area contributed by atoms with Crippen molar-refractivity contribution >= 4 is 5.91 Å². The van der Waals surface area contributed by atoms with Gasteiger partial charge in [-0.1, -0.05) is 24.3 Å². The van der Waals surface area contributed by atoms with Crippen LogP contribution in [0.25, 0.3) is 0 Å². The van der Waals surface area contributed by atoms with Gasteiger partial charge in [0.2, 0.25) is 5.91 Å². The van der Waals surface area contributed by atoms with Gasteiger partial charge in [0, 0.05) is 6.42 Å². The van der Waals surface area contributed by atoms with Crippen molar-refractivity contribution in [3.63, 3.8) is 0 Å². The first-order valence-electron chi connectivity index (χ1n) is 5.59. The lowest BCUT2D eigenvalue weighted by Crippen LogP contribution is -2.29. The molecule has 0 radical (unpaired) electrons. The number of amides is 1. The highest BCUT2D eigenvalue weighted by Crippen LogP contribution is 2.18. The molecule has 0 atom stereocenters. The Kier molecular flexibility index (Phi) is 5.82. The molecule has 1 aromatic rings. The molecule has 1 amide bonds. The van der Waals surface area contributed by atoms with Gasteiger partial charge in [-0.2, -0.15) is 0 Å². The number of carbonyl (C=O) groups excluding carboxylic acids is 1. The molecule has 0 unspecified atom stereocenters. The van der Waals surface area contributed by atoms with Crippen LogP contribution in [-0.4, -0.2) is 12.5 Å². The average molecular weight is 234 g/mol. The minimum absolute atomic E-state index is 0.173. The summed E-state index contributed by atoms with van der Waals surface area (Å²) in [6, 6.07) is 7.81. The first-order valence-corrected chi connectivity index (χ1v) is 5.59. The molecule has 0 aromatic heterocycles. The molecule has 17 heavy (non-hydrogen) atoms. The van der Waals surface area contributed by atoms with E-state index in [1.165, 1.54) is 0 Å². The Labute approximate surface area is 101 Å². The van der Waals surface area contributed by atoms with Crippen molar-refractivity contribution in [2.75, 3.05) is 6.61 Å². The second kappa shape index (κ2) is 7.46. The number of carbonyl (C=O) groups is 1. The van der Waals surface area contributed by atoms with Crippen molar-refractivity contribution in [2.24, 2.45) is 5.84 Å². The summed E-state index contributed by atoms with van der Waals surface area (Å²) in [5, 5.41) is 0. The van der Waals surface area contributed by atoms with Crippen LogP contribution in [0.3, 0.4) is 0 Å². The lowest BCUT2D eigenvalue weighted by molar-refractivity contribution is -0.121. The molecule has 0 heterocycles. The number of para-hydroxylation sites is 1. The van der Waals surface area contributed by atoms with Crippen molar-refractivity contribution < 1.29 is 9.53 Å². The Bertz CT molecular complexity index is 377. The minimum atomic E-state index is -0.173. The van der Waals surface area contributed by atoms with Crippen molar-refractivity contribution in [3.8, 4) is 5.75 Å². The number of nitrogens with two attached hydrogens (primary N) is 1. The molecule has 0 saturated carbocycles. The zero-order valence-electron chi connectivity index (χ0n) is 9.82. The smallest absolute Gasteiger partial charge is 0.234 e. The summed E-state index contributed by atoms with van der Waals surface area (Å²) in [7, 11) is 0. The monoisotopic (exact) mass is 234 g/mol. The third-order valence-electron chi connectivity index (χ3n) is 2.30. The Hall–Kier alpha value is -1.81. The van der Waals surface area contributed by atoms with E-state index in [9.17, 15) is 4.79 Å². The Morgan fingerprint density at radius 2 is 2.24 bits per heavy atom. The summed E-state index contributed by atoms with van der Waals surface area (Å²) in [6.45, 7) is 4.21. The molecule has 92 valence electrons. The Morgan fingerprint density at radius 1 is 1.47 bits per heavy atom. The van der Waals surface area contributed by atoms with Crippen LogP contribution in [0.1, 0.15) is 18.4 Å². The van der Waals surface area contributed by atoms with E-state index in [0.29, 0.717) is 19.4 Å². The second-order valence-corrected chi connectivity index (χ2v) is 3.62. The van der Waals surface area contributed by atoms with Crippen LogP contribution in [0.5, 0.6) is 5.75 Å². The van der Waals surface area contributed by atoms with Gasteiger partial charge in [0.05, 0.1) is 6.61 Å². The van der Waals surface area contributed by atoms with Crippen LogP contribution in [0, 0.1) is 0 Å². The predicted molar refractivity (Wildman–Crippen MR) is 67.4 cm³/mol. The molecular formula is C13H18N2O2. The van der Waals surface area contributed by atoms with Gasteiger partial charge < -0.3 is 4.74 Å². The van der Waals surface area contributed by atoms with Crippen LogP contribution in [-0.2, 0) is 11.2 Å². The molecule has 4 nitrogen and oxygen atoms in total. The summed E-state index contributed by atoms with van der Waals surface area (Å²) >= 11 is 0. The van der Waals surface area contributed by atoms with E-state index in [0.717, 1.165) is 17.7 Å². The third kappa shape index (κ3) is 4.70. The molecule has 0 aliphatic heterocycles. The fourth-order valence-corrected chi connectivity index (χ4v) is 1.46. The van der Waals surface area contributed by atoms with E-state index in [4.69, 9.17) is 10.6 Å². The number of benzene rings is 1. The van der Waals surface area contributed by atoms with E-state index in [2.05, 4.69) is 12.0 Å². The maximum atomic E-state index is 10.9. The molecule has 0 bridgehead atoms. The van der Waals surface area contributed by atoms with Crippen molar-refractivity contribution in [2.45, 2.75) is 19.3 Å². The van der Waals surface area contributed by atoms with E-state index >= 15 is 0 Å². The van der Waals surface area contributed by atoms with Crippen molar-refractivity contribution in [1.82, 2.24) is 5.43 Å². The van der Waals surface area contributed by atoms with Crippen molar-refractivity contribution in [1.29, 1.82) is 0 Å². The molecule has 0 fully saturated rings. The molecule has 1 rings (SSSR count). The molecule has 0 aliphatic rings. The molecular weight excluding hydrogens is 216 g/mol. The zero-order valence-corrected chi connectivity index (χ0v) is 9.82. The van der Waals surface area contributed by atoms with Gasteiger partial charge in [-0.05, 0) is 24.5 Å². The quantitative estimate of drug-likeness (QED) is 0.247. The van der Waals surface area contributed by atoms with Gasteiger partial charge in [0.25, 0.3) is 0 Å². The molecule has 0 spiro atoms. The van der Waals surface area contributed by atoms with E-state index < -0.39 is 0 Å². The minimum Gasteiger partial charge on any atom is -0.493 e. The lowest BCUT2D eigenvalue weighted by atomic mass is 10.1. The highest BCUT2D eigenvalue weighted by Gasteiger charge is 2.02. The molecule has 1 aromatic carbocycles. The highest BCUT2D eigenvalue weighted by molar-refractivity contribution is 5.75. The number of hydrazine groups is 1. The molecule has 4 heteroatoms. The van der Waals surface area contributed by atoms with Gasteiger partial charge in [-0.3, -0.25) is 10.2 Å². The maximum Gasteiger partial charge on any atom is 0.234 e. The molecule has 0 aliphatic carbocycles. The van der Waals surface area contributed by atoms with E-state index in [1.807, 2.05) is 30.3 Å². The third-order valence-corrected chi connectivity index (χ3v) is 2.30. The number of rotatable bonds is 7. The number of nitrogens with one attached hydrogen (secondary N) is 1. The first kappa shape index (κ1) is 13.3.